The van der Waals surface area contributed by atoms with Gasteiger partial charge >= 0.3 is 0 Å². The summed E-state index contributed by atoms with van der Waals surface area (Å²) in [4.78, 5) is 4.67. The first-order chi connectivity index (χ1) is 8.75. The second-order valence-corrected chi connectivity index (χ2v) is 6.28. The highest BCUT2D eigenvalue weighted by atomic mass is 79.9. The topological polar surface area (TPSA) is 36.7 Å². The highest BCUT2D eigenvalue weighted by Crippen LogP contribution is 2.44. The van der Waals surface area contributed by atoms with Gasteiger partial charge in [-0.25, -0.2) is 4.98 Å². The average Bonchev–Trinajstić information content (AvgIpc) is 2.79. The number of aromatic nitrogens is 1. The van der Waals surface area contributed by atoms with E-state index in [0.717, 1.165) is 40.0 Å². The van der Waals surface area contributed by atoms with Crippen LogP contribution in [0.15, 0.2) is 34.1 Å². The molecular weight excluding hydrogens is 308 g/mol. The molecule has 0 spiro atoms. The van der Waals surface area contributed by atoms with Crippen molar-refractivity contribution in [2.45, 2.75) is 24.7 Å². The van der Waals surface area contributed by atoms with Gasteiger partial charge in [-0.1, -0.05) is 34.1 Å². The van der Waals surface area contributed by atoms with Gasteiger partial charge < -0.3 is 0 Å². The molecule has 3 rings (SSSR count). The van der Waals surface area contributed by atoms with Crippen LogP contribution in [0.3, 0.4) is 0 Å². The minimum atomic E-state index is -0.310. The fourth-order valence-corrected chi connectivity index (χ4v) is 3.77. The molecule has 1 aromatic heterocycles. The van der Waals surface area contributed by atoms with Crippen molar-refractivity contribution in [3.63, 3.8) is 0 Å². The van der Waals surface area contributed by atoms with Gasteiger partial charge in [0.1, 0.15) is 10.4 Å². The highest BCUT2D eigenvalue weighted by Gasteiger charge is 2.41. The quantitative estimate of drug-likeness (QED) is 0.816. The summed E-state index contributed by atoms with van der Waals surface area (Å²) in [6.07, 6.45) is 3.03. The smallest absolute Gasteiger partial charge is 0.124 e. The van der Waals surface area contributed by atoms with E-state index < -0.39 is 0 Å². The Morgan fingerprint density at radius 3 is 2.72 bits per heavy atom. The number of hydrogen-bond acceptors (Lipinski definition) is 3. The Morgan fingerprint density at radius 2 is 2.11 bits per heavy atom. The Balaban J connectivity index is 2.00. The summed E-state index contributed by atoms with van der Waals surface area (Å²) in [7, 11) is 0. The lowest BCUT2D eigenvalue weighted by Crippen LogP contribution is -2.32. The van der Waals surface area contributed by atoms with Gasteiger partial charge in [0.25, 0.3) is 0 Å². The fourth-order valence-electron chi connectivity index (χ4n) is 2.21. The molecule has 0 unspecified atom stereocenters. The standard InChI is InChI=1S/C14H11BrN2S/c15-11-5-2-1-4-10(11)13-17-12(8-18-13)14(9-16)6-3-7-14/h1-2,4-5,8H,3,6-7H2. The van der Waals surface area contributed by atoms with Gasteiger partial charge in [-0.3, -0.25) is 0 Å². The van der Waals surface area contributed by atoms with Gasteiger partial charge in [0.2, 0.25) is 0 Å². The molecule has 0 aliphatic heterocycles. The van der Waals surface area contributed by atoms with Crippen LogP contribution < -0.4 is 0 Å². The maximum Gasteiger partial charge on any atom is 0.124 e. The third kappa shape index (κ3) is 1.79. The molecule has 0 N–H and O–H groups in total. The van der Waals surface area contributed by atoms with Crippen LogP contribution in [0, 0.1) is 11.3 Å². The molecule has 1 aliphatic carbocycles. The zero-order chi connectivity index (χ0) is 12.6. The molecule has 1 aliphatic rings. The Labute approximate surface area is 118 Å². The van der Waals surface area contributed by atoms with Crippen molar-refractivity contribution >= 4 is 27.3 Å². The van der Waals surface area contributed by atoms with Crippen molar-refractivity contribution in [3.05, 3.63) is 39.8 Å². The molecule has 0 atom stereocenters. The van der Waals surface area contributed by atoms with Crippen LogP contribution in [0.25, 0.3) is 10.6 Å². The van der Waals surface area contributed by atoms with Crippen molar-refractivity contribution in [1.29, 1.82) is 5.26 Å². The molecule has 0 saturated heterocycles. The SMILES string of the molecule is N#CC1(c2csc(-c3ccccc3Br)n2)CCC1. The summed E-state index contributed by atoms with van der Waals surface area (Å²) in [5.41, 5.74) is 1.74. The molecule has 1 saturated carbocycles. The molecule has 0 bridgehead atoms. The van der Waals surface area contributed by atoms with Gasteiger partial charge in [0, 0.05) is 15.4 Å². The van der Waals surface area contributed by atoms with Gasteiger partial charge in [-0.2, -0.15) is 5.26 Å². The van der Waals surface area contributed by atoms with Gasteiger partial charge in [0.15, 0.2) is 0 Å². The van der Waals surface area contributed by atoms with E-state index in [2.05, 4.69) is 27.0 Å². The third-order valence-corrected chi connectivity index (χ3v) is 5.09. The van der Waals surface area contributed by atoms with Crippen LogP contribution in [-0.2, 0) is 5.41 Å². The number of nitrogens with zero attached hydrogens (tertiary/aromatic N) is 2. The van der Waals surface area contributed by atoms with E-state index in [1.165, 1.54) is 0 Å². The molecule has 4 heteroatoms. The van der Waals surface area contributed by atoms with Gasteiger partial charge in [-0.05, 0) is 25.3 Å². The molecule has 2 nitrogen and oxygen atoms in total. The molecule has 18 heavy (non-hydrogen) atoms. The number of hydrogen-bond donors (Lipinski definition) is 0. The normalized spacial score (nSPS) is 16.9. The maximum absolute atomic E-state index is 9.33. The highest BCUT2D eigenvalue weighted by molar-refractivity contribution is 9.10. The predicted molar refractivity (Wildman–Crippen MR) is 76.4 cm³/mol. The van der Waals surface area contributed by atoms with Crippen LogP contribution in [0.2, 0.25) is 0 Å². The lowest BCUT2D eigenvalue weighted by Gasteiger charge is -2.33. The van der Waals surface area contributed by atoms with E-state index in [0.29, 0.717) is 0 Å². The van der Waals surface area contributed by atoms with E-state index in [1.54, 1.807) is 11.3 Å². The number of nitriles is 1. The molecule has 1 fully saturated rings. The monoisotopic (exact) mass is 318 g/mol. The number of thiazole rings is 1. The Bertz CT molecular complexity index is 623. The van der Waals surface area contributed by atoms with E-state index >= 15 is 0 Å². The largest absolute Gasteiger partial charge is 0.239 e. The average molecular weight is 319 g/mol. The lowest BCUT2D eigenvalue weighted by atomic mass is 9.68. The Morgan fingerprint density at radius 1 is 1.33 bits per heavy atom. The number of benzene rings is 1. The Hall–Kier alpha value is -1.18. The summed E-state index contributed by atoms with van der Waals surface area (Å²) >= 11 is 5.16. The first kappa shape index (κ1) is 11.9. The van der Waals surface area contributed by atoms with Crippen molar-refractivity contribution in [3.8, 4) is 16.6 Å². The van der Waals surface area contributed by atoms with Crippen molar-refractivity contribution < 1.29 is 0 Å². The van der Waals surface area contributed by atoms with Crippen LogP contribution in [-0.4, -0.2) is 4.98 Å². The summed E-state index contributed by atoms with van der Waals surface area (Å²) in [5, 5.41) is 12.4. The second kappa shape index (κ2) is 4.49. The maximum atomic E-state index is 9.33. The first-order valence-corrected chi connectivity index (χ1v) is 7.55. The zero-order valence-electron chi connectivity index (χ0n) is 9.69. The van der Waals surface area contributed by atoms with Crippen molar-refractivity contribution in [2.24, 2.45) is 0 Å². The molecule has 0 radical (unpaired) electrons. The molecule has 1 heterocycles. The predicted octanol–water partition coefficient (Wildman–Crippen LogP) is 4.52. The molecule has 90 valence electrons. The van der Waals surface area contributed by atoms with Crippen LogP contribution in [0.1, 0.15) is 25.0 Å². The minimum absolute atomic E-state index is 0.310. The minimum Gasteiger partial charge on any atom is -0.239 e. The van der Waals surface area contributed by atoms with Crippen molar-refractivity contribution in [1.82, 2.24) is 4.98 Å². The van der Waals surface area contributed by atoms with Crippen molar-refractivity contribution in [2.75, 3.05) is 0 Å². The van der Waals surface area contributed by atoms with Gasteiger partial charge in [0.05, 0.1) is 11.8 Å². The molecule has 1 aromatic carbocycles. The summed E-state index contributed by atoms with van der Waals surface area (Å²) < 4.78 is 1.05. The zero-order valence-corrected chi connectivity index (χ0v) is 12.1. The van der Waals surface area contributed by atoms with E-state index in [-0.39, 0.29) is 5.41 Å². The molecule has 0 amide bonds. The van der Waals surface area contributed by atoms with Crippen LogP contribution >= 0.6 is 27.3 Å². The fraction of sp³-hybridized carbons (Fsp3) is 0.286. The van der Waals surface area contributed by atoms with Crippen LogP contribution in [0.4, 0.5) is 0 Å². The molecule has 2 aromatic rings. The van der Waals surface area contributed by atoms with Gasteiger partial charge in [-0.15, -0.1) is 11.3 Å². The summed E-state index contributed by atoms with van der Waals surface area (Å²) in [6.45, 7) is 0. The summed E-state index contributed by atoms with van der Waals surface area (Å²) in [5.74, 6) is 0. The van der Waals surface area contributed by atoms with E-state index in [9.17, 15) is 5.26 Å². The molecular formula is C14H11BrN2S. The number of rotatable bonds is 2. The third-order valence-electron chi connectivity index (χ3n) is 3.52. The number of halogens is 1. The summed E-state index contributed by atoms with van der Waals surface area (Å²) in [6, 6.07) is 10.5. The van der Waals surface area contributed by atoms with E-state index in [1.807, 2.05) is 29.6 Å². The van der Waals surface area contributed by atoms with Crippen LogP contribution in [0.5, 0.6) is 0 Å². The second-order valence-electron chi connectivity index (χ2n) is 4.57. The Kier molecular flexibility index (Phi) is 2.96. The van der Waals surface area contributed by atoms with E-state index in [4.69, 9.17) is 0 Å². The lowest BCUT2D eigenvalue weighted by molar-refractivity contribution is 0.317. The first-order valence-electron chi connectivity index (χ1n) is 5.87.